The van der Waals surface area contributed by atoms with Gasteiger partial charge in [-0.3, -0.25) is 4.79 Å². The van der Waals surface area contributed by atoms with Crippen molar-refractivity contribution in [1.82, 2.24) is 0 Å². The molecule has 76 valence electrons. The van der Waals surface area contributed by atoms with Crippen LogP contribution in [0.3, 0.4) is 0 Å². The van der Waals surface area contributed by atoms with Gasteiger partial charge in [0.2, 0.25) is 0 Å². The summed E-state index contributed by atoms with van der Waals surface area (Å²) in [6.07, 6.45) is 0.174. The maximum absolute atomic E-state index is 12.5. The van der Waals surface area contributed by atoms with Crippen LogP contribution in [-0.2, 0) is 0 Å². The van der Waals surface area contributed by atoms with Crippen LogP contribution in [0, 0.1) is 0 Å². The summed E-state index contributed by atoms with van der Waals surface area (Å²) in [6.45, 7) is -5.23. The van der Waals surface area contributed by atoms with Crippen molar-refractivity contribution in [2.24, 2.45) is 0 Å². The number of aldehydes is 1. The molecule has 0 unspecified atom stereocenters. The minimum Gasteiger partial charge on any atom is -0.500 e. The number of carbonyl (C=O) groups excluding carboxylic acids is 1. The van der Waals surface area contributed by atoms with Gasteiger partial charge in [-0.25, -0.2) is 0 Å². The van der Waals surface area contributed by atoms with Crippen molar-refractivity contribution >= 4 is 18.7 Å². The summed E-state index contributed by atoms with van der Waals surface area (Å²) in [6, 6.07) is 3.63. The van der Waals surface area contributed by atoms with Crippen molar-refractivity contribution in [3.8, 4) is 5.75 Å². The standard InChI is InChI=1S/C8H7BF3O2.K/c1-14-7-4-2-3-6(5-13)8(7)9(10,11)12;/h2-5H,1H3;/q-1;+1. The van der Waals surface area contributed by atoms with E-state index < -0.39 is 18.0 Å². The SMILES string of the molecule is COc1cccc(C=O)c1[B-](F)(F)F.[K+]. The van der Waals surface area contributed by atoms with E-state index in [1.54, 1.807) is 0 Å². The van der Waals surface area contributed by atoms with E-state index in [2.05, 4.69) is 4.74 Å². The molecule has 0 radical (unpaired) electrons. The first-order valence-electron chi connectivity index (χ1n) is 3.82. The molecule has 2 nitrogen and oxygen atoms in total. The zero-order valence-electron chi connectivity index (χ0n) is 8.34. The molecular formula is C8H7BF3KO2. The average Bonchev–Trinajstić information content (AvgIpc) is 2.15. The third kappa shape index (κ3) is 3.60. The summed E-state index contributed by atoms with van der Waals surface area (Å²) in [5.74, 6) is -0.317. The molecule has 7 heteroatoms. The van der Waals surface area contributed by atoms with Crippen LogP contribution in [0.1, 0.15) is 10.4 Å². The van der Waals surface area contributed by atoms with Crippen LogP contribution in [0.4, 0.5) is 12.9 Å². The van der Waals surface area contributed by atoms with E-state index in [0.717, 1.165) is 13.2 Å². The first kappa shape index (κ1) is 15.2. The third-order valence-electron chi connectivity index (χ3n) is 1.77. The third-order valence-corrected chi connectivity index (χ3v) is 1.77. The smallest absolute Gasteiger partial charge is 0.500 e. The number of rotatable bonds is 3. The summed E-state index contributed by atoms with van der Waals surface area (Å²) in [4.78, 5) is 10.4. The molecule has 1 rings (SSSR count). The zero-order chi connectivity index (χ0) is 10.8. The Kier molecular flexibility index (Phi) is 6.12. The Labute approximate surface area is 128 Å². The molecule has 0 aliphatic carbocycles. The molecule has 0 aliphatic heterocycles. The van der Waals surface area contributed by atoms with Gasteiger partial charge in [-0.15, -0.1) is 0 Å². The van der Waals surface area contributed by atoms with Gasteiger partial charge in [0.15, 0.2) is 0 Å². The predicted molar refractivity (Wildman–Crippen MR) is 47.1 cm³/mol. The molecule has 15 heavy (non-hydrogen) atoms. The van der Waals surface area contributed by atoms with Gasteiger partial charge in [0.25, 0.3) is 0 Å². The molecule has 0 aromatic heterocycles. The van der Waals surface area contributed by atoms with E-state index >= 15 is 0 Å². The Morgan fingerprint density at radius 1 is 1.33 bits per heavy atom. The number of benzene rings is 1. The summed E-state index contributed by atoms with van der Waals surface area (Å²) in [7, 11) is 1.13. The number of hydrogen-bond acceptors (Lipinski definition) is 2. The molecule has 0 bridgehead atoms. The van der Waals surface area contributed by atoms with Gasteiger partial charge >= 0.3 is 58.4 Å². The van der Waals surface area contributed by atoms with Gasteiger partial charge < -0.3 is 17.7 Å². The van der Waals surface area contributed by atoms with Crippen molar-refractivity contribution in [3.63, 3.8) is 0 Å². The van der Waals surface area contributed by atoms with Gasteiger partial charge in [-0.2, -0.15) is 0 Å². The Balaban J connectivity index is 0.00000196. The van der Waals surface area contributed by atoms with Gasteiger partial charge in [0.05, 0.1) is 12.9 Å². The summed E-state index contributed by atoms with van der Waals surface area (Å²) in [5.41, 5.74) is -1.36. The monoisotopic (exact) mass is 242 g/mol. The molecule has 0 amide bonds. The largest absolute Gasteiger partial charge is 1.00 e. The molecule has 1 aromatic carbocycles. The summed E-state index contributed by atoms with van der Waals surface area (Å²) >= 11 is 0. The first-order valence-corrected chi connectivity index (χ1v) is 3.82. The molecule has 1 aromatic rings. The van der Waals surface area contributed by atoms with Crippen molar-refractivity contribution < 1.29 is 73.9 Å². The van der Waals surface area contributed by atoms with Crippen LogP contribution in [0.25, 0.3) is 0 Å². The Hall–Kier alpha value is 0.181. The van der Waals surface area contributed by atoms with Gasteiger partial charge in [-0.05, 0) is 11.6 Å². The molecule has 0 saturated carbocycles. The minimum atomic E-state index is -5.23. The van der Waals surface area contributed by atoms with Crippen LogP contribution in [-0.4, -0.2) is 20.4 Å². The normalized spacial score (nSPS) is 10.4. The molecule has 0 heterocycles. The van der Waals surface area contributed by atoms with Crippen LogP contribution >= 0.6 is 0 Å². The van der Waals surface area contributed by atoms with Gasteiger partial charge in [-0.1, -0.05) is 17.6 Å². The fourth-order valence-electron chi connectivity index (χ4n) is 1.19. The first-order chi connectivity index (χ1) is 6.50. The maximum atomic E-state index is 12.5. The summed E-state index contributed by atoms with van der Waals surface area (Å²) < 4.78 is 42.1. The van der Waals surface area contributed by atoms with Crippen LogP contribution in [0.5, 0.6) is 5.75 Å². The maximum Gasteiger partial charge on any atom is 1.00 e. The van der Waals surface area contributed by atoms with Crippen molar-refractivity contribution in [2.45, 2.75) is 0 Å². The van der Waals surface area contributed by atoms with E-state index in [4.69, 9.17) is 0 Å². The second kappa shape index (κ2) is 6.05. The average molecular weight is 242 g/mol. The van der Waals surface area contributed by atoms with Gasteiger partial charge in [0, 0.05) is 0 Å². The van der Waals surface area contributed by atoms with Crippen molar-refractivity contribution in [3.05, 3.63) is 23.8 Å². The molecule has 0 aliphatic rings. The number of hydrogen-bond donors (Lipinski definition) is 0. The molecule has 0 saturated heterocycles. The second-order valence-electron chi connectivity index (χ2n) is 2.66. The number of carbonyl (C=O) groups is 1. The molecule has 0 fully saturated rings. The molecular weight excluding hydrogens is 235 g/mol. The van der Waals surface area contributed by atoms with E-state index in [-0.39, 0.29) is 63.4 Å². The fraction of sp³-hybridized carbons (Fsp3) is 0.125. The second-order valence-corrected chi connectivity index (χ2v) is 2.66. The van der Waals surface area contributed by atoms with Crippen LogP contribution in [0.15, 0.2) is 18.2 Å². The zero-order valence-corrected chi connectivity index (χ0v) is 11.5. The fourth-order valence-corrected chi connectivity index (χ4v) is 1.19. The molecule has 0 spiro atoms. The number of methoxy groups -OCH3 is 1. The van der Waals surface area contributed by atoms with E-state index in [1.165, 1.54) is 12.1 Å². The summed E-state index contributed by atoms with van der Waals surface area (Å²) in [5, 5.41) is 0. The number of ether oxygens (including phenoxy) is 1. The predicted octanol–water partition coefficient (Wildman–Crippen LogP) is -1.43. The Morgan fingerprint density at radius 3 is 2.33 bits per heavy atom. The molecule has 0 N–H and O–H groups in total. The van der Waals surface area contributed by atoms with Crippen LogP contribution in [0.2, 0.25) is 0 Å². The Morgan fingerprint density at radius 2 is 1.93 bits per heavy atom. The Bertz CT molecular complexity index is 354. The quantitative estimate of drug-likeness (QED) is 0.479. The van der Waals surface area contributed by atoms with Gasteiger partial charge in [0.1, 0.15) is 6.29 Å². The van der Waals surface area contributed by atoms with E-state index in [1.807, 2.05) is 0 Å². The van der Waals surface area contributed by atoms with Crippen molar-refractivity contribution in [1.29, 1.82) is 0 Å². The minimum absolute atomic E-state index is 0. The van der Waals surface area contributed by atoms with Crippen LogP contribution < -0.4 is 61.6 Å². The van der Waals surface area contributed by atoms with E-state index in [9.17, 15) is 17.7 Å². The number of halogens is 3. The molecule has 0 atom stereocenters. The van der Waals surface area contributed by atoms with Crippen molar-refractivity contribution in [2.75, 3.05) is 7.11 Å². The topological polar surface area (TPSA) is 26.3 Å². The van der Waals surface area contributed by atoms with E-state index in [0.29, 0.717) is 0 Å².